The van der Waals surface area contributed by atoms with Crippen molar-refractivity contribution in [2.45, 2.75) is 38.4 Å². The number of likely N-dealkylation sites (tertiary alicyclic amines) is 1. The van der Waals surface area contributed by atoms with E-state index in [1.165, 1.54) is 6.42 Å². The highest BCUT2D eigenvalue weighted by Gasteiger charge is 2.45. The Morgan fingerprint density at radius 2 is 2.04 bits per heavy atom. The van der Waals surface area contributed by atoms with Crippen molar-refractivity contribution in [2.75, 3.05) is 26.2 Å². The molecule has 1 unspecified atom stereocenters. The molecule has 0 aromatic heterocycles. The molecule has 4 heterocycles. The van der Waals surface area contributed by atoms with Gasteiger partial charge in [0.15, 0.2) is 0 Å². The first kappa shape index (κ1) is 16.9. The molecular formula is C20H24N4O3. The Balaban J connectivity index is 1.33. The van der Waals surface area contributed by atoms with Crippen molar-refractivity contribution < 1.29 is 14.4 Å². The number of rotatable bonds is 3. The van der Waals surface area contributed by atoms with Crippen molar-refractivity contribution >= 4 is 17.7 Å². The molecule has 1 aromatic carbocycles. The predicted molar refractivity (Wildman–Crippen MR) is 97.7 cm³/mol. The van der Waals surface area contributed by atoms with Crippen LogP contribution >= 0.6 is 0 Å². The molecule has 1 spiro atoms. The average molecular weight is 368 g/mol. The summed E-state index contributed by atoms with van der Waals surface area (Å²) in [6, 6.07) is 5.46. The lowest BCUT2D eigenvalue weighted by molar-refractivity contribution is -0.136. The fourth-order valence-corrected chi connectivity index (χ4v) is 5.14. The number of fused-ring (bicyclic) bond motifs is 1. The fourth-order valence-electron chi connectivity index (χ4n) is 5.14. The van der Waals surface area contributed by atoms with Crippen LogP contribution in [-0.4, -0.2) is 59.7 Å². The van der Waals surface area contributed by atoms with Gasteiger partial charge in [-0.15, -0.1) is 0 Å². The van der Waals surface area contributed by atoms with Gasteiger partial charge in [-0.3, -0.25) is 24.6 Å². The largest absolute Gasteiger partial charge is 0.322 e. The third-order valence-corrected chi connectivity index (χ3v) is 6.48. The third kappa shape index (κ3) is 2.76. The smallest absolute Gasteiger partial charge is 0.255 e. The zero-order valence-corrected chi connectivity index (χ0v) is 15.3. The van der Waals surface area contributed by atoms with Gasteiger partial charge in [-0.1, -0.05) is 18.2 Å². The molecule has 4 aliphatic rings. The Morgan fingerprint density at radius 3 is 2.78 bits per heavy atom. The molecule has 5 rings (SSSR count). The second kappa shape index (κ2) is 6.14. The molecule has 0 saturated carbocycles. The van der Waals surface area contributed by atoms with Crippen LogP contribution in [0.4, 0.5) is 0 Å². The number of benzene rings is 1. The fraction of sp³-hybridized carbons (Fsp3) is 0.550. The summed E-state index contributed by atoms with van der Waals surface area (Å²) in [6.07, 6.45) is 1.92. The lowest BCUT2D eigenvalue weighted by atomic mass is 9.79. The van der Waals surface area contributed by atoms with Crippen molar-refractivity contribution in [3.63, 3.8) is 0 Å². The number of amides is 3. The summed E-state index contributed by atoms with van der Waals surface area (Å²) in [5.74, 6) is -0.686. The lowest BCUT2D eigenvalue weighted by Gasteiger charge is -2.48. The van der Waals surface area contributed by atoms with Gasteiger partial charge in [0.1, 0.15) is 6.04 Å². The van der Waals surface area contributed by atoms with Crippen LogP contribution in [0.25, 0.3) is 0 Å². The van der Waals surface area contributed by atoms with E-state index in [4.69, 9.17) is 0 Å². The Bertz CT molecular complexity index is 823. The van der Waals surface area contributed by atoms with Crippen LogP contribution in [0.3, 0.4) is 0 Å². The Hall–Kier alpha value is -2.25. The average Bonchev–Trinajstić information content (AvgIpc) is 3.21. The van der Waals surface area contributed by atoms with E-state index in [2.05, 4.69) is 15.5 Å². The molecule has 0 radical (unpaired) electrons. The second-order valence-electron chi connectivity index (χ2n) is 8.42. The van der Waals surface area contributed by atoms with E-state index in [1.54, 1.807) is 4.90 Å². The molecule has 3 saturated heterocycles. The molecule has 2 N–H and O–H groups in total. The molecule has 27 heavy (non-hydrogen) atoms. The first-order chi connectivity index (χ1) is 13.0. The van der Waals surface area contributed by atoms with Crippen LogP contribution in [-0.2, 0) is 22.7 Å². The number of nitrogens with zero attached hydrogens (tertiary/aromatic N) is 2. The van der Waals surface area contributed by atoms with Gasteiger partial charge in [0, 0.05) is 50.1 Å². The standard InChI is InChI=1S/C20H24N4O3/c25-16-5-4-15(18(26)22-16)24-9-14-3-1-2-13(17(14)19(24)27)8-23-11-20(12-23)6-7-21-10-20/h1-3,15,21H,4-12H2,(H,22,25,26). The van der Waals surface area contributed by atoms with Crippen molar-refractivity contribution in [2.24, 2.45) is 5.41 Å². The topological polar surface area (TPSA) is 81.8 Å². The number of piperidine rings is 1. The minimum absolute atomic E-state index is 0.0760. The van der Waals surface area contributed by atoms with Crippen molar-refractivity contribution in [3.8, 4) is 0 Å². The van der Waals surface area contributed by atoms with E-state index in [0.29, 0.717) is 18.4 Å². The summed E-state index contributed by atoms with van der Waals surface area (Å²) in [4.78, 5) is 40.8. The summed E-state index contributed by atoms with van der Waals surface area (Å²) in [7, 11) is 0. The van der Waals surface area contributed by atoms with Gasteiger partial charge in [0.25, 0.3) is 5.91 Å². The van der Waals surface area contributed by atoms with Crippen molar-refractivity contribution in [3.05, 3.63) is 34.9 Å². The summed E-state index contributed by atoms with van der Waals surface area (Å²) in [5, 5.41) is 5.81. The molecule has 7 nitrogen and oxygen atoms in total. The summed E-state index contributed by atoms with van der Waals surface area (Å²) >= 11 is 0. The van der Waals surface area contributed by atoms with Crippen LogP contribution in [0.2, 0.25) is 0 Å². The van der Waals surface area contributed by atoms with Gasteiger partial charge in [0.2, 0.25) is 11.8 Å². The third-order valence-electron chi connectivity index (χ3n) is 6.48. The minimum atomic E-state index is -0.549. The molecule has 0 aliphatic carbocycles. The Morgan fingerprint density at radius 1 is 1.19 bits per heavy atom. The maximum absolute atomic E-state index is 13.1. The molecule has 1 atom stereocenters. The molecule has 3 fully saturated rings. The predicted octanol–water partition coefficient (Wildman–Crippen LogP) is 0.243. The van der Waals surface area contributed by atoms with Crippen LogP contribution < -0.4 is 10.6 Å². The van der Waals surface area contributed by atoms with Crippen LogP contribution in [0, 0.1) is 5.41 Å². The molecule has 3 amide bonds. The zero-order valence-electron chi connectivity index (χ0n) is 15.3. The van der Waals surface area contributed by atoms with Gasteiger partial charge >= 0.3 is 0 Å². The van der Waals surface area contributed by atoms with Crippen molar-refractivity contribution in [1.29, 1.82) is 0 Å². The van der Waals surface area contributed by atoms with Crippen LogP contribution in [0.15, 0.2) is 18.2 Å². The normalized spacial score (nSPS) is 27.0. The van der Waals surface area contributed by atoms with Crippen LogP contribution in [0.5, 0.6) is 0 Å². The Labute approximate surface area is 158 Å². The number of carbonyl (C=O) groups is 3. The van der Waals surface area contributed by atoms with Gasteiger partial charge in [-0.2, -0.15) is 0 Å². The minimum Gasteiger partial charge on any atom is -0.322 e. The highest BCUT2D eigenvalue weighted by molar-refractivity contribution is 6.05. The maximum Gasteiger partial charge on any atom is 0.255 e. The molecule has 4 aliphatic heterocycles. The second-order valence-corrected chi connectivity index (χ2v) is 8.42. The number of hydrogen-bond donors (Lipinski definition) is 2. The van der Waals surface area contributed by atoms with E-state index < -0.39 is 6.04 Å². The van der Waals surface area contributed by atoms with Gasteiger partial charge in [0.05, 0.1) is 0 Å². The quantitative estimate of drug-likeness (QED) is 0.747. The Kier molecular flexibility index (Phi) is 3.84. The molecular weight excluding hydrogens is 344 g/mol. The molecule has 0 bridgehead atoms. The first-order valence-corrected chi connectivity index (χ1v) is 9.73. The highest BCUT2D eigenvalue weighted by Crippen LogP contribution is 2.38. The lowest BCUT2D eigenvalue weighted by Crippen LogP contribution is -2.56. The van der Waals surface area contributed by atoms with E-state index in [1.807, 2.05) is 18.2 Å². The van der Waals surface area contributed by atoms with E-state index in [-0.39, 0.29) is 24.1 Å². The van der Waals surface area contributed by atoms with E-state index in [9.17, 15) is 14.4 Å². The molecule has 1 aromatic rings. The number of nitrogens with one attached hydrogen (secondary N) is 2. The molecule has 142 valence electrons. The number of imide groups is 1. The van der Waals surface area contributed by atoms with Gasteiger partial charge < -0.3 is 10.2 Å². The van der Waals surface area contributed by atoms with Gasteiger partial charge in [-0.05, 0) is 30.5 Å². The van der Waals surface area contributed by atoms with Gasteiger partial charge in [-0.25, -0.2) is 0 Å². The number of carbonyl (C=O) groups excluding carboxylic acids is 3. The summed E-state index contributed by atoms with van der Waals surface area (Å²) in [6.45, 7) is 5.58. The maximum atomic E-state index is 13.1. The summed E-state index contributed by atoms with van der Waals surface area (Å²) < 4.78 is 0. The molecule has 7 heteroatoms. The van der Waals surface area contributed by atoms with E-state index in [0.717, 1.165) is 49.4 Å². The monoisotopic (exact) mass is 368 g/mol. The van der Waals surface area contributed by atoms with Crippen molar-refractivity contribution in [1.82, 2.24) is 20.4 Å². The highest BCUT2D eigenvalue weighted by atomic mass is 16.2. The number of hydrogen-bond acceptors (Lipinski definition) is 5. The first-order valence-electron chi connectivity index (χ1n) is 9.73. The summed E-state index contributed by atoms with van der Waals surface area (Å²) in [5.41, 5.74) is 3.22. The van der Waals surface area contributed by atoms with Crippen LogP contribution in [0.1, 0.15) is 40.7 Å². The zero-order chi connectivity index (χ0) is 18.6. The van der Waals surface area contributed by atoms with E-state index >= 15 is 0 Å². The SMILES string of the molecule is O=C1CCC(N2Cc3cccc(CN4CC5(CCNC5)C4)c3C2=O)C(=O)N1.